The summed E-state index contributed by atoms with van der Waals surface area (Å²) in [5.74, 6) is -1.59. The third kappa shape index (κ3) is 56.8. The number of hydrogen-bond acceptors (Lipinski definition) is 10. The zero-order chi connectivity index (χ0) is 56.9. The van der Waals surface area contributed by atoms with Crippen LogP contribution in [0.2, 0.25) is 0 Å². The van der Waals surface area contributed by atoms with E-state index in [4.69, 9.17) is 23.3 Å². The van der Waals surface area contributed by atoms with Gasteiger partial charge in [-0.3, -0.25) is 23.4 Å². The van der Waals surface area contributed by atoms with Crippen LogP contribution < -0.4 is 0 Å². The third-order valence-electron chi connectivity index (χ3n) is 12.7. The van der Waals surface area contributed by atoms with Crippen LogP contribution in [0.25, 0.3) is 0 Å². The third-order valence-corrected chi connectivity index (χ3v) is 13.6. The van der Waals surface area contributed by atoms with Gasteiger partial charge in [0.25, 0.3) is 0 Å². The quantitative estimate of drug-likeness (QED) is 0.0197. The van der Waals surface area contributed by atoms with E-state index in [0.29, 0.717) is 25.7 Å². The van der Waals surface area contributed by atoms with Crippen molar-refractivity contribution in [3.63, 3.8) is 0 Å². The van der Waals surface area contributed by atoms with Gasteiger partial charge in [-0.1, -0.05) is 226 Å². The van der Waals surface area contributed by atoms with E-state index >= 15 is 0 Å². The van der Waals surface area contributed by atoms with E-state index in [2.05, 4.69) is 118 Å². The Balaban J connectivity index is 4.85. The minimum absolute atomic E-state index is 0.0357. The molecule has 78 heavy (non-hydrogen) atoms. The molecule has 0 aromatic carbocycles. The Bertz CT molecular complexity index is 1720. The summed E-state index contributed by atoms with van der Waals surface area (Å²) in [7, 11) is -4.78. The fourth-order valence-electron chi connectivity index (χ4n) is 7.99. The smallest absolute Gasteiger partial charge is 0.462 e. The number of unbranched alkanes of at least 4 members (excludes halogenated alkanes) is 21. The summed E-state index contributed by atoms with van der Waals surface area (Å²) in [6, 6.07) is 0. The van der Waals surface area contributed by atoms with Crippen LogP contribution in [0.4, 0.5) is 0 Å². The molecular weight excluding hydrogens is 1000 g/mol. The van der Waals surface area contributed by atoms with Crippen LogP contribution in [0.5, 0.6) is 0 Å². The van der Waals surface area contributed by atoms with Crippen molar-refractivity contribution in [3.8, 4) is 0 Å². The fourth-order valence-corrected chi connectivity index (χ4v) is 8.78. The molecule has 0 saturated heterocycles. The first kappa shape index (κ1) is 74.1. The Morgan fingerprint density at radius 2 is 0.692 bits per heavy atom. The molecule has 0 aliphatic rings. The zero-order valence-electron chi connectivity index (χ0n) is 49.3. The lowest BCUT2D eigenvalue weighted by molar-refractivity contribution is -0.161. The number of esters is 3. The summed E-state index contributed by atoms with van der Waals surface area (Å²) in [5.41, 5.74) is 0. The Labute approximate surface area is 475 Å². The van der Waals surface area contributed by atoms with E-state index in [1.54, 1.807) is 0 Å². The first-order chi connectivity index (χ1) is 38.2. The highest BCUT2D eigenvalue weighted by atomic mass is 31.2. The van der Waals surface area contributed by atoms with Gasteiger partial charge in [0.15, 0.2) is 6.10 Å². The first-order valence-electron chi connectivity index (χ1n) is 30.8. The molecule has 0 aromatic heterocycles. The van der Waals surface area contributed by atoms with E-state index in [-0.39, 0.29) is 25.9 Å². The molecule has 0 aliphatic heterocycles. The van der Waals surface area contributed by atoms with Gasteiger partial charge in [-0.15, -0.1) is 0 Å². The topological polar surface area (TPSA) is 155 Å². The van der Waals surface area contributed by atoms with E-state index in [9.17, 15) is 28.9 Å². The number of aliphatic hydroxyl groups excluding tert-OH is 1. The van der Waals surface area contributed by atoms with Gasteiger partial charge < -0.3 is 24.2 Å². The maximum Gasteiger partial charge on any atom is 0.472 e. The normalized spacial score (nSPS) is 14.1. The van der Waals surface area contributed by atoms with E-state index in [1.165, 1.54) is 77.0 Å². The van der Waals surface area contributed by atoms with Crippen LogP contribution in [-0.2, 0) is 42.2 Å². The molecule has 3 unspecified atom stereocenters. The zero-order valence-corrected chi connectivity index (χ0v) is 50.2. The summed E-state index contributed by atoms with van der Waals surface area (Å²) in [6.07, 6.45) is 72.0. The Morgan fingerprint density at radius 3 is 1.14 bits per heavy atom. The predicted octanol–water partition coefficient (Wildman–Crippen LogP) is 18.6. The number of ether oxygens (including phenoxy) is 3. The van der Waals surface area contributed by atoms with Crippen molar-refractivity contribution in [3.05, 3.63) is 109 Å². The van der Waals surface area contributed by atoms with Crippen LogP contribution in [0.1, 0.15) is 252 Å². The van der Waals surface area contributed by atoms with Gasteiger partial charge in [-0.25, -0.2) is 4.57 Å². The van der Waals surface area contributed by atoms with Gasteiger partial charge in [0.05, 0.1) is 19.8 Å². The Hall–Kier alpha value is -3.86. The van der Waals surface area contributed by atoms with Crippen molar-refractivity contribution in [1.29, 1.82) is 0 Å². The molecule has 0 radical (unpaired) electrons. The summed E-state index contributed by atoms with van der Waals surface area (Å²) in [6.45, 7) is 4.41. The number of carbonyl (C=O) groups is 3. The largest absolute Gasteiger partial charge is 0.472 e. The number of aliphatic hydroxyl groups is 1. The molecule has 0 bridgehead atoms. The van der Waals surface area contributed by atoms with Crippen LogP contribution >= 0.6 is 7.82 Å². The molecule has 0 saturated carbocycles. The highest BCUT2D eigenvalue weighted by Gasteiger charge is 2.28. The maximum absolute atomic E-state index is 12.9. The number of rotatable bonds is 56. The van der Waals surface area contributed by atoms with Gasteiger partial charge >= 0.3 is 25.7 Å². The monoisotopic (exact) mass is 1110 g/mol. The molecule has 0 fully saturated rings. The number of carbonyl (C=O) groups excluding carboxylic acids is 3. The highest BCUT2D eigenvalue weighted by molar-refractivity contribution is 7.47. The predicted molar refractivity (Wildman–Crippen MR) is 325 cm³/mol. The lowest BCUT2D eigenvalue weighted by atomic mass is 10.1. The van der Waals surface area contributed by atoms with E-state index < -0.39 is 57.8 Å². The van der Waals surface area contributed by atoms with Crippen molar-refractivity contribution in [2.75, 3.05) is 26.4 Å². The summed E-state index contributed by atoms with van der Waals surface area (Å²) < 4.78 is 39.5. The Morgan fingerprint density at radius 1 is 0.372 bits per heavy atom. The average molecular weight is 1110 g/mol. The molecule has 2 N–H and O–H groups in total. The standard InChI is InChI=1S/C66H111O11P/c1-4-7-10-13-16-19-22-25-28-30-31-33-36-39-42-45-48-51-54-57-66(70)77-63(59-73-64(68)55-52-49-46-43-40-37-35-32-29-26-23-20-17-14-11-8-5-2)61-75-78(71,72)74-60-62(58-67)76-65(69)56-53-50-47-44-41-38-34-27-24-21-18-15-12-9-6-3/h7,10,16-17,19-20,25-29,31,33-34,39,42,48,51,62-63,67H,4-6,8-9,11-15,18,21-24,30,32,35-38,40-41,43-47,49-50,52-61H2,1-3H3,(H,71,72)/b10-7-,19-16-,20-17-,28-25-,29-26-,33-31-,34-27-,42-39-,51-48-. The number of hydrogen-bond donors (Lipinski definition) is 2. The molecule has 0 amide bonds. The van der Waals surface area contributed by atoms with Crippen molar-refractivity contribution in [1.82, 2.24) is 0 Å². The first-order valence-corrected chi connectivity index (χ1v) is 32.3. The maximum atomic E-state index is 12.9. The lowest BCUT2D eigenvalue weighted by Gasteiger charge is -2.21. The number of allylic oxidation sites excluding steroid dienone is 18. The molecular formula is C66H111O11P. The van der Waals surface area contributed by atoms with Crippen LogP contribution in [0.3, 0.4) is 0 Å². The van der Waals surface area contributed by atoms with Crippen molar-refractivity contribution < 1.29 is 52.2 Å². The van der Waals surface area contributed by atoms with Gasteiger partial charge in [0, 0.05) is 19.3 Å². The Kier molecular flexibility index (Phi) is 56.3. The van der Waals surface area contributed by atoms with Gasteiger partial charge in [0.2, 0.25) is 0 Å². The molecule has 3 atom stereocenters. The van der Waals surface area contributed by atoms with Gasteiger partial charge in [-0.2, -0.15) is 0 Å². The van der Waals surface area contributed by atoms with E-state index in [0.717, 1.165) is 109 Å². The summed E-state index contributed by atoms with van der Waals surface area (Å²) >= 11 is 0. The lowest BCUT2D eigenvalue weighted by Crippen LogP contribution is -2.30. The SMILES string of the molecule is CC/C=C\C/C=C\C/C=C\C/C=C\C/C=C\C/C=C\CCC(=O)OC(COC(=O)CCCCCCCCC/C=C\C/C=C\CCCCC)COP(=O)(O)OCC(CO)OC(=O)CCCCCCC/C=C\CCCCCCCC. The van der Waals surface area contributed by atoms with Crippen LogP contribution in [0, 0.1) is 0 Å². The van der Waals surface area contributed by atoms with Gasteiger partial charge in [-0.05, 0) is 116 Å². The van der Waals surface area contributed by atoms with E-state index in [1.807, 2.05) is 12.2 Å². The minimum atomic E-state index is -4.78. The second-order valence-corrected chi connectivity index (χ2v) is 21.6. The van der Waals surface area contributed by atoms with Crippen molar-refractivity contribution in [2.45, 2.75) is 264 Å². The summed E-state index contributed by atoms with van der Waals surface area (Å²) in [5, 5.41) is 9.83. The summed E-state index contributed by atoms with van der Waals surface area (Å²) in [4.78, 5) is 48.6. The molecule has 0 rings (SSSR count). The second-order valence-electron chi connectivity index (χ2n) is 20.1. The number of phosphoric acid groups is 1. The molecule has 0 aliphatic carbocycles. The fraction of sp³-hybridized carbons (Fsp3) is 0.682. The number of phosphoric ester groups is 1. The van der Waals surface area contributed by atoms with Crippen LogP contribution in [0.15, 0.2) is 109 Å². The molecule has 0 aromatic rings. The van der Waals surface area contributed by atoms with Gasteiger partial charge in [0.1, 0.15) is 12.7 Å². The molecule has 12 heteroatoms. The van der Waals surface area contributed by atoms with Crippen molar-refractivity contribution >= 4 is 25.7 Å². The molecule has 11 nitrogen and oxygen atoms in total. The molecule has 0 spiro atoms. The molecule has 446 valence electrons. The highest BCUT2D eigenvalue weighted by Crippen LogP contribution is 2.43. The van der Waals surface area contributed by atoms with Crippen LogP contribution in [-0.4, -0.2) is 66.5 Å². The minimum Gasteiger partial charge on any atom is -0.462 e. The van der Waals surface area contributed by atoms with Crippen molar-refractivity contribution in [2.24, 2.45) is 0 Å². The average Bonchev–Trinajstić information content (AvgIpc) is 3.43. The second kappa shape index (κ2) is 59.3. The molecule has 0 heterocycles.